The number of halogens is 5. The van der Waals surface area contributed by atoms with Crippen molar-refractivity contribution >= 4 is 24.8 Å². The number of hydrogen-bond donors (Lipinski definition) is 3. The Morgan fingerprint density at radius 2 is 1.69 bits per heavy atom. The fourth-order valence-corrected chi connectivity index (χ4v) is 2.23. The highest BCUT2D eigenvalue weighted by atomic mass is 35.5. The van der Waals surface area contributed by atoms with Gasteiger partial charge in [-0.25, -0.2) is 0 Å². The van der Waals surface area contributed by atoms with Crippen molar-refractivity contribution in [2.75, 3.05) is 26.2 Å². The highest BCUT2D eigenvalue weighted by Crippen LogP contribution is 2.32. The highest BCUT2D eigenvalue weighted by molar-refractivity contribution is 5.85. The molecular formula is C17H23Cl2F3N2O2. The summed E-state index contributed by atoms with van der Waals surface area (Å²) in [5.74, 6) is 1.09. The van der Waals surface area contributed by atoms with E-state index in [0.29, 0.717) is 30.2 Å². The number of furan rings is 1. The molecule has 0 amide bonds. The van der Waals surface area contributed by atoms with Gasteiger partial charge in [-0.15, -0.1) is 24.8 Å². The molecule has 2 aromatic rings. The van der Waals surface area contributed by atoms with Crippen LogP contribution in [0.3, 0.4) is 0 Å². The van der Waals surface area contributed by atoms with Crippen LogP contribution >= 0.6 is 24.8 Å². The summed E-state index contributed by atoms with van der Waals surface area (Å²) in [5.41, 5.74) is -0.282. The van der Waals surface area contributed by atoms with Gasteiger partial charge in [-0.05, 0) is 43.8 Å². The monoisotopic (exact) mass is 414 g/mol. The molecule has 9 heteroatoms. The highest BCUT2D eigenvalue weighted by Gasteiger charge is 2.30. The second-order valence-electron chi connectivity index (χ2n) is 5.35. The van der Waals surface area contributed by atoms with Gasteiger partial charge in [0.05, 0.1) is 18.7 Å². The zero-order chi connectivity index (χ0) is 17.4. The maximum absolute atomic E-state index is 12.7. The lowest BCUT2D eigenvalue weighted by Crippen LogP contribution is -2.23. The molecule has 4 nitrogen and oxygen atoms in total. The van der Waals surface area contributed by atoms with Crippen molar-refractivity contribution in [2.24, 2.45) is 0 Å². The number of benzene rings is 1. The Balaban J connectivity index is 0.00000312. The Labute approximate surface area is 163 Å². The Kier molecular flexibility index (Phi) is 11.6. The van der Waals surface area contributed by atoms with Crippen molar-refractivity contribution in [1.29, 1.82) is 0 Å². The van der Waals surface area contributed by atoms with Crippen LogP contribution in [0.4, 0.5) is 13.2 Å². The van der Waals surface area contributed by atoms with Crippen LogP contribution in [-0.2, 0) is 12.7 Å². The third-order valence-corrected chi connectivity index (χ3v) is 3.43. The molecule has 26 heavy (non-hydrogen) atoms. The topological polar surface area (TPSA) is 57.4 Å². The summed E-state index contributed by atoms with van der Waals surface area (Å²) in [7, 11) is 0. The first-order valence-electron chi connectivity index (χ1n) is 7.79. The van der Waals surface area contributed by atoms with Crippen LogP contribution in [0.25, 0.3) is 11.3 Å². The van der Waals surface area contributed by atoms with Gasteiger partial charge in [-0.1, -0.05) is 12.1 Å². The van der Waals surface area contributed by atoms with Gasteiger partial charge in [0.15, 0.2) is 0 Å². The number of rotatable bonds is 9. The number of aliphatic hydroxyl groups excluding tert-OH is 1. The van der Waals surface area contributed by atoms with Crippen molar-refractivity contribution < 1.29 is 22.7 Å². The van der Waals surface area contributed by atoms with Crippen LogP contribution in [0.15, 0.2) is 40.8 Å². The van der Waals surface area contributed by atoms with Crippen molar-refractivity contribution in [1.82, 2.24) is 10.6 Å². The summed E-state index contributed by atoms with van der Waals surface area (Å²) in [4.78, 5) is 0. The van der Waals surface area contributed by atoms with Crippen molar-refractivity contribution in [2.45, 2.75) is 19.1 Å². The van der Waals surface area contributed by atoms with E-state index < -0.39 is 11.7 Å². The van der Waals surface area contributed by atoms with Crippen LogP contribution < -0.4 is 10.6 Å². The molecule has 0 atom stereocenters. The predicted molar refractivity (Wildman–Crippen MR) is 99.9 cm³/mol. The Morgan fingerprint density at radius 3 is 2.38 bits per heavy atom. The zero-order valence-corrected chi connectivity index (χ0v) is 15.6. The molecule has 0 unspecified atom stereocenters. The van der Waals surface area contributed by atoms with Crippen LogP contribution in [0, 0.1) is 0 Å². The van der Waals surface area contributed by atoms with E-state index in [0.717, 1.165) is 31.6 Å². The fourth-order valence-electron chi connectivity index (χ4n) is 2.23. The van der Waals surface area contributed by atoms with E-state index in [9.17, 15) is 13.2 Å². The molecule has 0 fully saturated rings. The Morgan fingerprint density at radius 1 is 0.962 bits per heavy atom. The van der Waals surface area contributed by atoms with Crippen molar-refractivity contribution in [3.8, 4) is 11.3 Å². The summed E-state index contributed by atoms with van der Waals surface area (Å²) in [6.45, 7) is 2.80. The summed E-state index contributed by atoms with van der Waals surface area (Å²) in [6, 6.07) is 8.53. The lowest BCUT2D eigenvalue weighted by Gasteiger charge is -2.07. The smallest absolute Gasteiger partial charge is 0.416 e. The van der Waals surface area contributed by atoms with Gasteiger partial charge < -0.3 is 20.2 Å². The first kappa shape index (κ1) is 24.8. The molecule has 0 spiro atoms. The molecule has 0 bridgehead atoms. The van der Waals surface area contributed by atoms with Crippen LogP contribution in [-0.4, -0.2) is 31.3 Å². The molecular weight excluding hydrogens is 392 g/mol. The normalized spacial score (nSPS) is 10.9. The van der Waals surface area contributed by atoms with E-state index >= 15 is 0 Å². The van der Waals surface area contributed by atoms with Crippen molar-refractivity contribution in [3.63, 3.8) is 0 Å². The molecule has 1 heterocycles. The summed E-state index contributed by atoms with van der Waals surface area (Å²) in [5, 5.41) is 14.9. The maximum Gasteiger partial charge on any atom is 0.416 e. The molecule has 0 saturated carbocycles. The maximum atomic E-state index is 12.7. The second kappa shape index (κ2) is 12.2. The Hall–Kier alpha value is -1.25. The zero-order valence-electron chi connectivity index (χ0n) is 14.0. The van der Waals surface area contributed by atoms with Gasteiger partial charge >= 0.3 is 6.18 Å². The minimum Gasteiger partial charge on any atom is -0.460 e. The lowest BCUT2D eigenvalue weighted by atomic mass is 10.1. The third-order valence-electron chi connectivity index (χ3n) is 3.43. The van der Waals surface area contributed by atoms with Crippen LogP contribution in [0.2, 0.25) is 0 Å². The van der Waals surface area contributed by atoms with E-state index in [4.69, 9.17) is 9.52 Å². The third kappa shape index (κ3) is 7.97. The standard InChI is InChI=1S/C17H21F3N2O2.2ClH/c18-17(19,20)14-4-1-3-13(11-14)16-6-5-15(24-16)12-22-8-2-7-21-9-10-23;;/h1,3-6,11,21-23H,2,7-10,12H2;2*1H. The number of alkyl halides is 3. The van der Waals surface area contributed by atoms with E-state index in [2.05, 4.69) is 10.6 Å². The molecule has 0 saturated heterocycles. The molecule has 0 radical (unpaired) electrons. The van der Waals surface area contributed by atoms with Gasteiger partial charge in [-0.3, -0.25) is 0 Å². The Bertz CT molecular complexity index is 636. The minimum absolute atomic E-state index is 0. The largest absolute Gasteiger partial charge is 0.460 e. The first-order valence-corrected chi connectivity index (χ1v) is 7.79. The average molecular weight is 415 g/mol. The van der Waals surface area contributed by atoms with E-state index in [1.54, 1.807) is 18.2 Å². The number of hydrogen-bond acceptors (Lipinski definition) is 4. The fraction of sp³-hybridized carbons (Fsp3) is 0.412. The average Bonchev–Trinajstić information content (AvgIpc) is 3.02. The molecule has 1 aromatic carbocycles. The SMILES string of the molecule is Cl.Cl.OCCNCCCNCc1ccc(-c2cccc(C(F)(F)F)c2)o1. The molecule has 148 valence electrons. The van der Waals surface area contributed by atoms with Crippen molar-refractivity contribution in [3.05, 3.63) is 47.7 Å². The molecule has 3 N–H and O–H groups in total. The van der Waals surface area contributed by atoms with E-state index in [1.807, 2.05) is 0 Å². The van der Waals surface area contributed by atoms with Crippen LogP contribution in [0.1, 0.15) is 17.7 Å². The number of nitrogens with one attached hydrogen (secondary N) is 2. The molecule has 0 aliphatic heterocycles. The predicted octanol–water partition coefficient (Wildman–Crippen LogP) is 3.87. The molecule has 0 aliphatic carbocycles. The lowest BCUT2D eigenvalue weighted by molar-refractivity contribution is -0.137. The molecule has 2 rings (SSSR count). The van der Waals surface area contributed by atoms with Crippen LogP contribution in [0.5, 0.6) is 0 Å². The van der Waals surface area contributed by atoms with Gasteiger partial charge in [0.25, 0.3) is 0 Å². The van der Waals surface area contributed by atoms with E-state index in [1.165, 1.54) is 6.07 Å². The molecule has 1 aromatic heterocycles. The van der Waals surface area contributed by atoms with E-state index in [-0.39, 0.29) is 31.4 Å². The quantitative estimate of drug-likeness (QED) is 0.545. The van der Waals surface area contributed by atoms with Gasteiger partial charge in [0.2, 0.25) is 0 Å². The second-order valence-corrected chi connectivity index (χ2v) is 5.35. The molecule has 0 aliphatic rings. The van der Waals surface area contributed by atoms with Gasteiger partial charge in [-0.2, -0.15) is 13.2 Å². The number of aliphatic hydroxyl groups is 1. The first-order chi connectivity index (χ1) is 11.5. The van der Waals surface area contributed by atoms with Gasteiger partial charge in [0.1, 0.15) is 11.5 Å². The summed E-state index contributed by atoms with van der Waals surface area (Å²) < 4.78 is 43.8. The summed E-state index contributed by atoms with van der Waals surface area (Å²) >= 11 is 0. The minimum atomic E-state index is -4.36. The summed E-state index contributed by atoms with van der Waals surface area (Å²) in [6.07, 6.45) is -3.46. The van der Waals surface area contributed by atoms with Gasteiger partial charge in [0, 0.05) is 12.1 Å².